The van der Waals surface area contributed by atoms with E-state index >= 15 is 0 Å². The number of nitrogens with one attached hydrogen (secondary N) is 1. The van der Waals surface area contributed by atoms with E-state index in [9.17, 15) is 4.79 Å². The Kier molecular flexibility index (Phi) is 4.59. The molecular weight excluding hydrogens is 374 g/mol. The molecule has 3 aliphatic heterocycles. The number of anilines is 1. The Labute approximate surface area is 176 Å². The van der Waals surface area contributed by atoms with Crippen LogP contribution in [0, 0.1) is 6.92 Å². The summed E-state index contributed by atoms with van der Waals surface area (Å²) < 4.78 is 1.50. The molecule has 1 N–H and O–H groups in total. The lowest BCUT2D eigenvalue weighted by molar-refractivity contribution is 0.250. The molecule has 1 saturated heterocycles. The van der Waals surface area contributed by atoms with Crippen LogP contribution < -0.4 is 10.5 Å². The number of hydrogen-bond donors (Lipinski definition) is 1. The number of H-pyrrole nitrogens is 1. The summed E-state index contributed by atoms with van der Waals surface area (Å²) in [7, 11) is 4.33. The lowest BCUT2D eigenvalue weighted by Gasteiger charge is -2.37. The topological polar surface area (TPSA) is 57.2 Å². The van der Waals surface area contributed by atoms with Gasteiger partial charge in [-0.25, -0.2) is 0 Å². The van der Waals surface area contributed by atoms with E-state index in [0.717, 1.165) is 48.2 Å². The molecule has 0 bridgehead atoms. The number of piperidine rings is 1. The maximum absolute atomic E-state index is 13.0. The summed E-state index contributed by atoms with van der Waals surface area (Å²) >= 11 is 0. The largest absolute Gasteiger partial charge is 0.370 e. The third-order valence-corrected chi connectivity index (χ3v) is 6.29. The van der Waals surface area contributed by atoms with Gasteiger partial charge in [0.1, 0.15) is 5.69 Å². The number of aryl methyl sites for hydroxylation is 1. The van der Waals surface area contributed by atoms with Gasteiger partial charge in [-0.1, -0.05) is 18.2 Å². The van der Waals surface area contributed by atoms with Crippen LogP contribution in [-0.4, -0.2) is 52.9 Å². The lowest BCUT2D eigenvalue weighted by Crippen LogP contribution is -2.42. The summed E-state index contributed by atoms with van der Waals surface area (Å²) in [5.74, 6) is 0. The molecule has 0 radical (unpaired) electrons. The van der Waals surface area contributed by atoms with Gasteiger partial charge in [-0.05, 0) is 63.7 Å². The summed E-state index contributed by atoms with van der Waals surface area (Å²) in [6, 6.07) is 14.6. The van der Waals surface area contributed by atoms with Crippen LogP contribution in [0.5, 0.6) is 0 Å². The van der Waals surface area contributed by atoms with Crippen molar-refractivity contribution < 1.29 is 0 Å². The van der Waals surface area contributed by atoms with E-state index in [4.69, 9.17) is 5.10 Å². The average Bonchev–Trinajstić information content (AvgIpc) is 3.11. The van der Waals surface area contributed by atoms with Gasteiger partial charge in [0.15, 0.2) is 0 Å². The molecule has 6 heteroatoms. The standard InChI is InChI=1S/C24H27N5O/c1-16-13-19-22-20(24(30)29(26-22)18-7-5-4-6-8-18)15-25-23(19)21(14-16)28-11-9-17(10-12-28)27(2)3/h4-8,13-15,17,25H,9-12H2,1-3H3. The van der Waals surface area contributed by atoms with Gasteiger partial charge in [0.2, 0.25) is 0 Å². The number of fused-ring (bicyclic) bond motifs is 3. The minimum atomic E-state index is -0.0933. The predicted octanol–water partition coefficient (Wildman–Crippen LogP) is 3.66. The Hall–Kier alpha value is -3.12. The van der Waals surface area contributed by atoms with Crippen LogP contribution >= 0.6 is 0 Å². The highest BCUT2D eigenvalue weighted by atomic mass is 16.1. The second-order valence-electron chi connectivity index (χ2n) is 8.49. The normalized spacial score (nSPS) is 15.5. The monoisotopic (exact) mass is 401 g/mol. The molecule has 2 aromatic carbocycles. The van der Waals surface area contributed by atoms with Crippen molar-refractivity contribution in [1.29, 1.82) is 0 Å². The van der Waals surface area contributed by atoms with Gasteiger partial charge >= 0.3 is 0 Å². The molecule has 0 spiro atoms. The smallest absolute Gasteiger partial charge is 0.282 e. The quantitative estimate of drug-likeness (QED) is 0.569. The van der Waals surface area contributed by atoms with E-state index in [0.29, 0.717) is 11.6 Å². The predicted molar refractivity (Wildman–Crippen MR) is 122 cm³/mol. The first-order valence-electron chi connectivity index (χ1n) is 10.5. The fourth-order valence-corrected chi connectivity index (χ4v) is 4.61. The van der Waals surface area contributed by atoms with Crippen LogP contribution in [0.15, 0.2) is 53.5 Å². The number of benzene rings is 2. The molecule has 5 rings (SSSR count). The van der Waals surface area contributed by atoms with E-state index in [2.05, 4.69) is 47.9 Å². The maximum Gasteiger partial charge on any atom is 0.282 e. The summed E-state index contributed by atoms with van der Waals surface area (Å²) in [4.78, 5) is 21.2. The van der Waals surface area contributed by atoms with Crippen molar-refractivity contribution in [3.05, 3.63) is 64.6 Å². The second-order valence-corrected chi connectivity index (χ2v) is 8.49. The van der Waals surface area contributed by atoms with E-state index in [-0.39, 0.29) is 5.56 Å². The maximum atomic E-state index is 13.0. The summed E-state index contributed by atoms with van der Waals surface area (Å²) in [5, 5.41) is 5.74. The molecule has 0 aromatic heterocycles. The minimum Gasteiger partial charge on any atom is -0.370 e. The first-order chi connectivity index (χ1) is 14.5. The third-order valence-electron chi connectivity index (χ3n) is 6.29. The van der Waals surface area contributed by atoms with Gasteiger partial charge < -0.3 is 14.8 Å². The zero-order valence-electron chi connectivity index (χ0n) is 17.7. The van der Waals surface area contributed by atoms with Crippen molar-refractivity contribution in [2.45, 2.75) is 25.8 Å². The second kappa shape index (κ2) is 7.29. The Morgan fingerprint density at radius 3 is 2.53 bits per heavy atom. The molecule has 0 unspecified atom stereocenters. The van der Waals surface area contributed by atoms with Gasteiger partial charge in [-0.3, -0.25) is 4.79 Å². The first kappa shape index (κ1) is 18.9. The molecule has 0 atom stereocenters. The molecule has 154 valence electrons. The van der Waals surface area contributed by atoms with Gasteiger partial charge in [0.25, 0.3) is 5.56 Å². The molecule has 0 aliphatic carbocycles. The highest BCUT2D eigenvalue weighted by Crippen LogP contribution is 2.34. The molecule has 30 heavy (non-hydrogen) atoms. The lowest BCUT2D eigenvalue weighted by atomic mass is 10.0. The highest BCUT2D eigenvalue weighted by molar-refractivity contribution is 6.00. The van der Waals surface area contributed by atoms with Gasteiger partial charge in [0.05, 0.1) is 22.5 Å². The summed E-state index contributed by atoms with van der Waals surface area (Å²) in [6.45, 7) is 4.16. The SMILES string of the molecule is Cc1cc(N2CCC(N(C)C)CC2)c2[nH]cc3c(=O)n(-c4ccccc4)nc-3c2c1. The van der Waals surface area contributed by atoms with E-state index in [1.165, 1.54) is 15.9 Å². The zero-order valence-corrected chi connectivity index (χ0v) is 17.7. The van der Waals surface area contributed by atoms with Crippen molar-refractivity contribution in [3.63, 3.8) is 0 Å². The average molecular weight is 402 g/mol. The number of pyridine rings is 1. The van der Waals surface area contributed by atoms with Gasteiger partial charge in [-0.15, -0.1) is 0 Å². The number of rotatable bonds is 3. The van der Waals surface area contributed by atoms with Crippen molar-refractivity contribution in [3.8, 4) is 16.9 Å². The number of nitrogens with zero attached hydrogens (tertiary/aromatic N) is 4. The number of para-hydroxylation sites is 1. The van der Waals surface area contributed by atoms with E-state index in [1.54, 1.807) is 0 Å². The number of aromatic amines is 1. The molecule has 6 nitrogen and oxygen atoms in total. The van der Waals surface area contributed by atoms with Crippen LogP contribution in [0.4, 0.5) is 5.69 Å². The van der Waals surface area contributed by atoms with Gasteiger partial charge in [0, 0.05) is 30.7 Å². The minimum absolute atomic E-state index is 0.0933. The van der Waals surface area contributed by atoms with E-state index in [1.807, 2.05) is 36.5 Å². The Morgan fingerprint density at radius 2 is 1.83 bits per heavy atom. The zero-order chi connectivity index (χ0) is 20.8. The molecule has 0 amide bonds. The van der Waals surface area contributed by atoms with Crippen LogP contribution in [0.3, 0.4) is 0 Å². The number of aromatic nitrogens is 3. The van der Waals surface area contributed by atoms with Crippen molar-refractivity contribution >= 4 is 16.6 Å². The van der Waals surface area contributed by atoms with E-state index < -0.39 is 0 Å². The molecule has 3 heterocycles. The summed E-state index contributed by atoms with van der Waals surface area (Å²) in [5.41, 5.74) is 5.49. The van der Waals surface area contributed by atoms with Crippen LogP contribution in [0.1, 0.15) is 18.4 Å². The molecular formula is C24H27N5O. The van der Waals surface area contributed by atoms with Crippen molar-refractivity contribution in [2.75, 3.05) is 32.1 Å². The first-order valence-corrected chi connectivity index (χ1v) is 10.5. The highest BCUT2D eigenvalue weighted by Gasteiger charge is 2.25. The van der Waals surface area contributed by atoms with Crippen molar-refractivity contribution in [1.82, 2.24) is 19.7 Å². The fraction of sp³-hybridized carbons (Fsp3) is 0.333. The molecule has 3 aliphatic rings. The molecule has 1 fully saturated rings. The molecule has 0 saturated carbocycles. The van der Waals surface area contributed by atoms with Crippen LogP contribution in [0.25, 0.3) is 27.8 Å². The Morgan fingerprint density at radius 1 is 1.10 bits per heavy atom. The van der Waals surface area contributed by atoms with Crippen LogP contribution in [-0.2, 0) is 0 Å². The molecule has 2 aromatic rings. The Balaban J connectivity index is 1.64. The van der Waals surface area contributed by atoms with Crippen molar-refractivity contribution in [2.24, 2.45) is 0 Å². The van der Waals surface area contributed by atoms with Gasteiger partial charge in [-0.2, -0.15) is 9.78 Å². The fourth-order valence-electron chi connectivity index (χ4n) is 4.61. The number of hydrogen-bond acceptors (Lipinski definition) is 4. The summed E-state index contributed by atoms with van der Waals surface area (Å²) in [6.07, 6.45) is 4.12. The van der Waals surface area contributed by atoms with Crippen LogP contribution in [0.2, 0.25) is 0 Å². The third kappa shape index (κ3) is 3.08. The Bertz CT molecular complexity index is 1220.